The quantitative estimate of drug-likeness (QED) is 0.403. The van der Waals surface area contributed by atoms with Crippen LogP contribution in [0.2, 0.25) is 0 Å². The lowest BCUT2D eigenvalue weighted by Crippen LogP contribution is -2.25. The summed E-state index contributed by atoms with van der Waals surface area (Å²) < 4.78 is 15.7. The van der Waals surface area contributed by atoms with Gasteiger partial charge in [0, 0.05) is 17.5 Å². The maximum atomic E-state index is 12.0. The lowest BCUT2D eigenvalue weighted by Gasteiger charge is -2.07. The summed E-state index contributed by atoms with van der Waals surface area (Å²) in [7, 11) is 1.60. The Kier molecular flexibility index (Phi) is 5.74. The second-order valence-corrected chi connectivity index (χ2v) is 6.16. The minimum Gasteiger partial charge on any atom is -0.497 e. The van der Waals surface area contributed by atoms with E-state index in [1.165, 1.54) is 6.07 Å². The molecule has 0 aliphatic heterocycles. The molecule has 7 heteroatoms. The predicted molar refractivity (Wildman–Crippen MR) is 106 cm³/mol. The van der Waals surface area contributed by atoms with Crippen LogP contribution in [-0.2, 0) is 4.79 Å². The van der Waals surface area contributed by atoms with Crippen LogP contribution in [0, 0.1) is 6.92 Å². The number of methoxy groups -OCH3 is 1. The van der Waals surface area contributed by atoms with E-state index in [1.54, 1.807) is 32.2 Å². The van der Waals surface area contributed by atoms with Gasteiger partial charge in [0.2, 0.25) is 0 Å². The number of aryl methyl sites for hydroxylation is 1. The van der Waals surface area contributed by atoms with Gasteiger partial charge in [-0.2, -0.15) is 5.10 Å². The van der Waals surface area contributed by atoms with E-state index < -0.39 is 11.5 Å². The Morgan fingerprint density at radius 2 is 1.82 bits per heavy atom. The number of amides is 1. The third-order valence-corrected chi connectivity index (χ3v) is 4.15. The molecule has 0 unspecified atom stereocenters. The van der Waals surface area contributed by atoms with E-state index in [2.05, 4.69) is 10.5 Å². The van der Waals surface area contributed by atoms with E-state index in [9.17, 15) is 9.59 Å². The Balaban J connectivity index is 1.60. The fourth-order valence-corrected chi connectivity index (χ4v) is 2.62. The minimum absolute atomic E-state index is 0.221. The van der Waals surface area contributed by atoms with Gasteiger partial charge in [0.15, 0.2) is 6.61 Å². The number of rotatable bonds is 6. The number of fused-ring (bicyclic) bond motifs is 1. The molecule has 0 saturated heterocycles. The highest BCUT2D eigenvalue weighted by Crippen LogP contribution is 2.22. The number of carbonyl (C=O) groups is 1. The van der Waals surface area contributed by atoms with Crippen molar-refractivity contribution in [3.05, 3.63) is 70.1 Å². The summed E-state index contributed by atoms with van der Waals surface area (Å²) in [5, 5.41) is 4.89. The molecule has 1 N–H and O–H groups in total. The molecule has 0 aliphatic rings. The van der Waals surface area contributed by atoms with Gasteiger partial charge in [0.25, 0.3) is 5.91 Å². The standard InChI is InChI=1S/C21H20N2O5/c1-13-10-21(25)28-19-11-17(8-9-18(13)19)27-12-20(24)23-22-14(2)15-4-6-16(26-3)7-5-15/h4-11H,12H2,1-3H3,(H,23,24)/b22-14-. The number of hydrogen-bond acceptors (Lipinski definition) is 6. The van der Waals surface area contributed by atoms with E-state index in [4.69, 9.17) is 13.9 Å². The molecule has 1 amide bonds. The number of carbonyl (C=O) groups excluding carboxylic acids is 1. The van der Waals surface area contributed by atoms with E-state index in [0.29, 0.717) is 17.0 Å². The number of ether oxygens (including phenoxy) is 2. The molecule has 144 valence electrons. The van der Waals surface area contributed by atoms with Crippen molar-refractivity contribution in [3.63, 3.8) is 0 Å². The van der Waals surface area contributed by atoms with Gasteiger partial charge in [-0.3, -0.25) is 4.79 Å². The zero-order chi connectivity index (χ0) is 20.1. The van der Waals surface area contributed by atoms with Gasteiger partial charge < -0.3 is 13.9 Å². The molecule has 1 aromatic heterocycles. The largest absolute Gasteiger partial charge is 0.497 e. The Hall–Kier alpha value is -3.61. The van der Waals surface area contributed by atoms with Crippen molar-refractivity contribution in [2.24, 2.45) is 5.10 Å². The Morgan fingerprint density at radius 1 is 1.11 bits per heavy atom. The van der Waals surface area contributed by atoms with Crippen molar-refractivity contribution in [2.45, 2.75) is 13.8 Å². The molecule has 28 heavy (non-hydrogen) atoms. The summed E-state index contributed by atoms with van der Waals surface area (Å²) in [5.74, 6) is 0.765. The van der Waals surface area contributed by atoms with Crippen molar-refractivity contribution in [2.75, 3.05) is 13.7 Å². The lowest BCUT2D eigenvalue weighted by atomic mass is 10.1. The molecule has 0 radical (unpaired) electrons. The van der Waals surface area contributed by atoms with Crippen molar-refractivity contribution < 1.29 is 18.7 Å². The van der Waals surface area contributed by atoms with Crippen molar-refractivity contribution in [1.82, 2.24) is 5.43 Å². The van der Waals surface area contributed by atoms with Crippen LogP contribution < -0.4 is 20.5 Å². The molecule has 0 saturated carbocycles. The van der Waals surface area contributed by atoms with Gasteiger partial charge in [-0.15, -0.1) is 0 Å². The molecule has 2 aromatic carbocycles. The van der Waals surface area contributed by atoms with Crippen LogP contribution in [0.25, 0.3) is 11.0 Å². The van der Waals surface area contributed by atoms with Gasteiger partial charge in [0.05, 0.1) is 12.8 Å². The minimum atomic E-state index is -0.428. The highest BCUT2D eigenvalue weighted by molar-refractivity contribution is 5.99. The third kappa shape index (κ3) is 4.56. The Morgan fingerprint density at radius 3 is 2.54 bits per heavy atom. The molecule has 3 rings (SSSR count). The summed E-state index contributed by atoms with van der Waals surface area (Å²) in [6.07, 6.45) is 0. The van der Waals surface area contributed by atoms with Crippen molar-refractivity contribution >= 4 is 22.6 Å². The molecule has 0 bridgehead atoms. The molecule has 1 heterocycles. The number of hydrazone groups is 1. The first-order valence-corrected chi connectivity index (χ1v) is 8.61. The predicted octanol–water partition coefficient (Wildman–Crippen LogP) is 3.03. The van der Waals surface area contributed by atoms with Crippen LogP contribution in [0.1, 0.15) is 18.1 Å². The lowest BCUT2D eigenvalue weighted by molar-refractivity contribution is -0.123. The van der Waals surface area contributed by atoms with E-state index >= 15 is 0 Å². The number of nitrogens with zero attached hydrogens (tertiary/aromatic N) is 1. The second-order valence-electron chi connectivity index (χ2n) is 6.16. The van der Waals surface area contributed by atoms with Crippen LogP contribution in [0.15, 0.2) is 62.8 Å². The second kappa shape index (κ2) is 8.39. The molecule has 0 fully saturated rings. The van der Waals surface area contributed by atoms with Crippen molar-refractivity contribution in [3.8, 4) is 11.5 Å². The van der Waals surface area contributed by atoms with Gasteiger partial charge in [-0.25, -0.2) is 10.2 Å². The molecule has 0 atom stereocenters. The Bertz CT molecular complexity index is 1080. The van der Waals surface area contributed by atoms with Crippen LogP contribution in [0.4, 0.5) is 0 Å². The fraction of sp³-hybridized carbons (Fsp3) is 0.190. The maximum Gasteiger partial charge on any atom is 0.336 e. The van der Waals surface area contributed by atoms with E-state index in [1.807, 2.05) is 31.2 Å². The van der Waals surface area contributed by atoms with E-state index in [0.717, 1.165) is 22.3 Å². The van der Waals surface area contributed by atoms with Crippen LogP contribution in [0.3, 0.4) is 0 Å². The first-order chi connectivity index (χ1) is 13.5. The first-order valence-electron chi connectivity index (χ1n) is 8.61. The van der Waals surface area contributed by atoms with Crippen LogP contribution in [-0.4, -0.2) is 25.3 Å². The summed E-state index contributed by atoms with van der Waals surface area (Å²) in [6.45, 7) is 3.40. The van der Waals surface area contributed by atoms with Gasteiger partial charge >= 0.3 is 5.63 Å². The third-order valence-electron chi connectivity index (χ3n) is 4.15. The number of benzene rings is 2. The fourth-order valence-electron chi connectivity index (χ4n) is 2.62. The zero-order valence-electron chi connectivity index (χ0n) is 15.8. The van der Waals surface area contributed by atoms with Gasteiger partial charge in [-0.05, 0) is 61.4 Å². The molecular weight excluding hydrogens is 360 g/mol. The summed E-state index contributed by atoms with van der Waals surface area (Å²) in [5.41, 5.74) is 4.77. The first kappa shape index (κ1) is 19.2. The zero-order valence-corrected chi connectivity index (χ0v) is 15.8. The monoisotopic (exact) mass is 380 g/mol. The highest BCUT2D eigenvalue weighted by Gasteiger charge is 2.07. The van der Waals surface area contributed by atoms with Gasteiger partial charge in [0.1, 0.15) is 17.1 Å². The van der Waals surface area contributed by atoms with Crippen LogP contribution in [0.5, 0.6) is 11.5 Å². The average molecular weight is 380 g/mol. The summed E-state index contributed by atoms with van der Waals surface area (Å²) in [6, 6.07) is 13.9. The van der Waals surface area contributed by atoms with Crippen LogP contribution >= 0.6 is 0 Å². The topological polar surface area (TPSA) is 90.1 Å². The van der Waals surface area contributed by atoms with E-state index in [-0.39, 0.29) is 6.61 Å². The SMILES string of the molecule is COc1ccc(/C(C)=N\NC(=O)COc2ccc3c(C)cc(=O)oc3c2)cc1. The number of hydrogen-bond donors (Lipinski definition) is 1. The molecule has 0 spiro atoms. The normalized spacial score (nSPS) is 11.3. The molecule has 7 nitrogen and oxygen atoms in total. The van der Waals surface area contributed by atoms with Crippen molar-refractivity contribution in [1.29, 1.82) is 0 Å². The molecule has 0 aliphatic carbocycles. The van der Waals surface area contributed by atoms with Gasteiger partial charge in [-0.1, -0.05) is 0 Å². The summed E-state index contributed by atoms with van der Waals surface area (Å²) in [4.78, 5) is 23.5. The maximum absolute atomic E-state index is 12.0. The smallest absolute Gasteiger partial charge is 0.336 e. The Labute approximate surface area is 161 Å². The summed E-state index contributed by atoms with van der Waals surface area (Å²) >= 11 is 0. The highest BCUT2D eigenvalue weighted by atomic mass is 16.5. The molecule has 3 aromatic rings. The average Bonchev–Trinajstić information content (AvgIpc) is 2.70. The number of nitrogens with one attached hydrogen (secondary N) is 1. The molecular formula is C21H20N2O5.